The zero-order valence-electron chi connectivity index (χ0n) is 9.95. The van der Waals surface area contributed by atoms with Crippen molar-refractivity contribution in [2.45, 2.75) is 18.9 Å². The highest BCUT2D eigenvalue weighted by atomic mass is 15.2. The number of rotatable bonds is 4. The van der Waals surface area contributed by atoms with Crippen LogP contribution >= 0.6 is 0 Å². The molecule has 0 spiro atoms. The molecule has 3 heteroatoms. The van der Waals surface area contributed by atoms with Crippen LogP contribution in [0.15, 0.2) is 24.3 Å². The number of nitrogens with zero attached hydrogens (tertiary/aromatic N) is 1. The van der Waals surface area contributed by atoms with Gasteiger partial charge >= 0.3 is 0 Å². The molecule has 16 heavy (non-hydrogen) atoms. The standard InChI is InChI=1S/C13H19BN2/c1-15-13(10-16-8-2-3-9-16)11-4-6-12(14)7-5-11/h4-7,13,15H,2-3,8-10H2,1H3. The third-order valence-electron chi connectivity index (χ3n) is 3.33. The number of likely N-dealkylation sites (N-methyl/N-ethyl adjacent to an activating group) is 1. The van der Waals surface area contributed by atoms with Crippen LogP contribution in [0.25, 0.3) is 0 Å². The van der Waals surface area contributed by atoms with E-state index in [1.165, 1.54) is 31.5 Å². The molecule has 1 atom stereocenters. The third kappa shape index (κ3) is 2.86. The van der Waals surface area contributed by atoms with Gasteiger partial charge in [0, 0.05) is 12.6 Å². The molecule has 0 aliphatic carbocycles. The Morgan fingerprint density at radius 1 is 1.25 bits per heavy atom. The second-order valence-electron chi connectivity index (χ2n) is 4.52. The van der Waals surface area contributed by atoms with Gasteiger partial charge in [0.05, 0.1) is 0 Å². The van der Waals surface area contributed by atoms with E-state index in [9.17, 15) is 0 Å². The first kappa shape index (κ1) is 11.7. The van der Waals surface area contributed by atoms with Gasteiger partial charge in [0.25, 0.3) is 0 Å². The summed E-state index contributed by atoms with van der Waals surface area (Å²) >= 11 is 0. The molecule has 1 aliphatic heterocycles. The molecule has 0 saturated carbocycles. The van der Waals surface area contributed by atoms with Gasteiger partial charge in [-0.15, -0.1) is 0 Å². The minimum Gasteiger partial charge on any atom is -0.312 e. The van der Waals surface area contributed by atoms with Crippen LogP contribution in [0.1, 0.15) is 24.4 Å². The fraction of sp³-hybridized carbons (Fsp3) is 0.538. The number of benzene rings is 1. The lowest BCUT2D eigenvalue weighted by atomic mass is 9.94. The lowest BCUT2D eigenvalue weighted by molar-refractivity contribution is 0.299. The van der Waals surface area contributed by atoms with E-state index in [1.54, 1.807) is 0 Å². The summed E-state index contributed by atoms with van der Waals surface area (Å²) in [6.07, 6.45) is 2.69. The molecule has 2 radical (unpaired) electrons. The van der Waals surface area contributed by atoms with Crippen LogP contribution in [0.4, 0.5) is 0 Å². The fourth-order valence-corrected chi connectivity index (χ4v) is 2.32. The third-order valence-corrected chi connectivity index (χ3v) is 3.33. The Bertz CT molecular complexity index is 317. The van der Waals surface area contributed by atoms with Crippen LogP contribution in [0, 0.1) is 0 Å². The Hall–Kier alpha value is -0.795. The predicted molar refractivity (Wildman–Crippen MR) is 69.3 cm³/mol. The van der Waals surface area contributed by atoms with Crippen LogP contribution in [-0.4, -0.2) is 39.4 Å². The maximum atomic E-state index is 5.70. The average molecular weight is 214 g/mol. The number of hydrogen-bond acceptors (Lipinski definition) is 2. The highest BCUT2D eigenvalue weighted by molar-refractivity contribution is 6.32. The van der Waals surface area contributed by atoms with Crippen LogP contribution in [0.3, 0.4) is 0 Å². The summed E-state index contributed by atoms with van der Waals surface area (Å²) in [5.74, 6) is 0. The molecule has 1 aromatic rings. The molecule has 1 saturated heterocycles. The van der Waals surface area contributed by atoms with E-state index in [-0.39, 0.29) is 0 Å². The number of likely N-dealkylation sites (tertiary alicyclic amines) is 1. The first-order valence-electron chi connectivity index (χ1n) is 6.04. The zero-order chi connectivity index (χ0) is 11.4. The minimum absolute atomic E-state index is 0.415. The van der Waals surface area contributed by atoms with Crippen LogP contribution in [-0.2, 0) is 0 Å². The number of nitrogens with one attached hydrogen (secondary N) is 1. The Morgan fingerprint density at radius 3 is 2.44 bits per heavy atom. The Morgan fingerprint density at radius 2 is 1.88 bits per heavy atom. The summed E-state index contributed by atoms with van der Waals surface area (Å²) in [6.45, 7) is 3.58. The second-order valence-corrected chi connectivity index (χ2v) is 4.52. The highest BCUT2D eigenvalue weighted by Crippen LogP contribution is 2.16. The van der Waals surface area contributed by atoms with Gasteiger partial charge in [-0.2, -0.15) is 0 Å². The Labute approximate surface area is 99.4 Å². The van der Waals surface area contributed by atoms with Gasteiger partial charge in [-0.3, -0.25) is 0 Å². The summed E-state index contributed by atoms with van der Waals surface area (Å²) in [6, 6.07) is 8.60. The van der Waals surface area contributed by atoms with Crippen molar-refractivity contribution in [3.8, 4) is 0 Å². The van der Waals surface area contributed by atoms with Gasteiger partial charge in [0.1, 0.15) is 7.85 Å². The van der Waals surface area contributed by atoms with Gasteiger partial charge in [0.2, 0.25) is 0 Å². The SMILES string of the molecule is [B]c1ccc(C(CN2CCCC2)NC)cc1. The molecule has 2 rings (SSSR count). The first-order chi connectivity index (χ1) is 7.79. The molecule has 84 valence electrons. The quantitative estimate of drug-likeness (QED) is 0.747. The van der Waals surface area contributed by atoms with E-state index in [1.807, 2.05) is 19.2 Å². The van der Waals surface area contributed by atoms with Crippen molar-refractivity contribution < 1.29 is 0 Å². The van der Waals surface area contributed by atoms with Crippen molar-refractivity contribution in [1.82, 2.24) is 10.2 Å². The van der Waals surface area contributed by atoms with E-state index in [0.29, 0.717) is 6.04 Å². The van der Waals surface area contributed by atoms with Gasteiger partial charge in [0.15, 0.2) is 0 Å². The molecule has 1 fully saturated rings. The normalized spacial score (nSPS) is 18.8. The summed E-state index contributed by atoms with van der Waals surface area (Å²) in [5, 5.41) is 3.38. The Kier molecular flexibility index (Phi) is 4.02. The average Bonchev–Trinajstić information content (AvgIpc) is 2.80. The van der Waals surface area contributed by atoms with Gasteiger partial charge < -0.3 is 10.2 Å². The molecule has 0 amide bonds. The van der Waals surface area contributed by atoms with E-state index in [4.69, 9.17) is 7.85 Å². The molecular formula is C13H19BN2. The van der Waals surface area contributed by atoms with Crippen molar-refractivity contribution in [2.75, 3.05) is 26.7 Å². The first-order valence-corrected chi connectivity index (χ1v) is 6.04. The van der Waals surface area contributed by atoms with Crippen molar-refractivity contribution in [1.29, 1.82) is 0 Å². The lowest BCUT2D eigenvalue weighted by Gasteiger charge is -2.23. The van der Waals surface area contributed by atoms with Crippen molar-refractivity contribution >= 4 is 13.3 Å². The van der Waals surface area contributed by atoms with Crippen molar-refractivity contribution in [3.63, 3.8) is 0 Å². The molecule has 1 N–H and O–H groups in total. The molecule has 0 bridgehead atoms. The maximum absolute atomic E-state index is 5.70. The van der Waals surface area contributed by atoms with Crippen molar-refractivity contribution in [3.05, 3.63) is 29.8 Å². The summed E-state index contributed by atoms with van der Waals surface area (Å²) in [7, 11) is 7.73. The topological polar surface area (TPSA) is 15.3 Å². The number of hydrogen-bond donors (Lipinski definition) is 1. The summed E-state index contributed by atoms with van der Waals surface area (Å²) in [5.41, 5.74) is 2.16. The van der Waals surface area contributed by atoms with E-state index in [0.717, 1.165) is 12.0 Å². The highest BCUT2D eigenvalue weighted by Gasteiger charge is 2.17. The summed E-state index contributed by atoms with van der Waals surface area (Å²) < 4.78 is 0. The van der Waals surface area contributed by atoms with Gasteiger partial charge in [-0.25, -0.2) is 0 Å². The van der Waals surface area contributed by atoms with Gasteiger partial charge in [-0.05, 0) is 38.5 Å². The van der Waals surface area contributed by atoms with Crippen molar-refractivity contribution in [2.24, 2.45) is 0 Å². The van der Waals surface area contributed by atoms with E-state index >= 15 is 0 Å². The largest absolute Gasteiger partial charge is 0.312 e. The van der Waals surface area contributed by atoms with Crippen LogP contribution in [0.2, 0.25) is 0 Å². The van der Waals surface area contributed by atoms with Crippen LogP contribution < -0.4 is 10.8 Å². The fourth-order valence-electron chi connectivity index (χ4n) is 2.32. The van der Waals surface area contributed by atoms with Gasteiger partial charge in [-0.1, -0.05) is 29.7 Å². The van der Waals surface area contributed by atoms with E-state index in [2.05, 4.69) is 22.3 Å². The molecule has 1 aliphatic rings. The Balaban J connectivity index is 2.00. The molecule has 0 aromatic heterocycles. The molecular weight excluding hydrogens is 195 g/mol. The molecule has 1 heterocycles. The van der Waals surface area contributed by atoms with E-state index < -0.39 is 0 Å². The second kappa shape index (κ2) is 5.51. The molecule has 1 unspecified atom stereocenters. The molecule has 1 aromatic carbocycles. The molecule has 2 nitrogen and oxygen atoms in total. The smallest absolute Gasteiger partial charge is 0.113 e. The predicted octanol–water partition coefficient (Wildman–Crippen LogP) is 0.837. The maximum Gasteiger partial charge on any atom is 0.113 e. The minimum atomic E-state index is 0.415. The zero-order valence-corrected chi connectivity index (χ0v) is 9.95. The summed E-state index contributed by atoms with van der Waals surface area (Å²) in [4.78, 5) is 2.53. The monoisotopic (exact) mass is 214 g/mol. The lowest BCUT2D eigenvalue weighted by Crippen LogP contribution is -2.32. The van der Waals surface area contributed by atoms with Crippen LogP contribution in [0.5, 0.6) is 0 Å².